The van der Waals surface area contributed by atoms with Crippen LogP contribution >= 0.6 is 0 Å². The highest BCUT2D eigenvalue weighted by Gasteiger charge is 2.49. The maximum Gasteiger partial charge on any atom is 0.232 e. The topological polar surface area (TPSA) is 52.9 Å². The van der Waals surface area contributed by atoms with Gasteiger partial charge in [0.05, 0.1) is 0 Å². The number of hydrazone groups is 1. The van der Waals surface area contributed by atoms with Gasteiger partial charge in [0.25, 0.3) is 0 Å². The highest BCUT2D eigenvalue weighted by molar-refractivity contribution is 5.85. The zero-order valence-corrected chi connectivity index (χ0v) is 8.53. The monoisotopic (exact) mass is 184 g/mol. The largest absolute Gasteiger partial charge is 0.368 e. The number of nitrogens with zero attached hydrogens (tertiary/aromatic N) is 2. The van der Waals surface area contributed by atoms with Gasteiger partial charge in [-0.2, -0.15) is 5.10 Å². The van der Waals surface area contributed by atoms with E-state index in [4.69, 9.17) is 0 Å². The third-order valence-corrected chi connectivity index (χ3v) is 2.46. The average molecular weight is 184 g/mol. The van der Waals surface area contributed by atoms with Gasteiger partial charge >= 0.3 is 0 Å². The molecule has 0 fully saturated rings. The van der Waals surface area contributed by atoms with Gasteiger partial charge in [0, 0.05) is 17.5 Å². The predicted molar refractivity (Wildman–Crippen MR) is 50.0 cm³/mol. The Morgan fingerprint density at radius 2 is 2.15 bits per heavy atom. The Balaban J connectivity index is 3.01. The van der Waals surface area contributed by atoms with E-state index in [2.05, 4.69) is 5.10 Å². The standard InChI is InChI=1S/C9H16N2O2/c1-7-5-9(13,8(2,3)4)11(6-12)10-7/h6,13H,5H2,1-4H3. The number of hydrogen-bond donors (Lipinski definition) is 1. The summed E-state index contributed by atoms with van der Waals surface area (Å²) in [5.41, 5.74) is -0.780. The highest BCUT2D eigenvalue weighted by atomic mass is 16.3. The fourth-order valence-corrected chi connectivity index (χ4v) is 1.46. The van der Waals surface area contributed by atoms with E-state index in [1.807, 2.05) is 20.8 Å². The molecule has 1 atom stereocenters. The second-order valence-corrected chi connectivity index (χ2v) is 4.53. The molecule has 1 unspecified atom stereocenters. The van der Waals surface area contributed by atoms with Crippen LogP contribution in [0.15, 0.2) is 5.10 Å². The summed E-state index contributed by atoms with van der Waals surface area (Å²) >= 11 is 0. The zero-order chi connectivity index (χ0) is 10.3. The molecule has 1 aliphatic rings. The Labute approximate surface area is 78.2 Å². The summed E-state index contributed by atoms with van der Waals surface area (Å²) in [6.07, 6.45) is 0.997. The molecule has 4 heteroatoms. The van der Waals surface area contributed by atoms with Gasteiger partial charge in [-0.1, -0.05) is 20.8 Å². The quantitative estimate of drug-likeness (QED) is 0.617. The van der Waals surface area contributed by atoms with Crippen molar-refractivity contribution in [3.63, 3.8) is 0 Å². The molecule has 0 radical (unpaired) electrons. The van der Waals surface area contributed by atoms with Crippen molar-refractivity contribution >= 4 is 12.1 Å². The summed E-state index contributed by atoms with van der Waals surface area (Å²) in [6, 6.07) is 0. The van der Waals surface area contributed by atoms with Crippen LogP contribution in [-0.2, 0) is 4.79 Å². The smallest absolute Gasteiger partial charge is 0.232 e. The van der Waals surface area contributed by atoms with Gasteiger partial charge < -0.3 is 5.11 Å². The average Bonchev–Trinajstić information content (AvgIpc) is 2.25. The van der Waals surface area contributed by atoms with E-state index in [1.54, 1.807) is 6.92 Å². The molecule has 0 aromatic carbocycles. The minimum atomic E-state index is -1.17. The molecule has 74 valence electrons. The van der Waals surface area contributed by atoms with Crippen LogP contribution in [0.5, 0.6) is 0 Å². The molecular weight excluding hydrogens is 168 g/mol. The highest BCUT2D eigenvalue weighted by Crippen LogP contribution is 2.39. The molecule has 4 nitrogen and oxygen atoms in total. The Hall–Kier alpha value is -0.900. The maximum absolute atomic E-state index is 10.7. The lowest BCUT2D eigenvalue weighted by atomic mass is 9.80. The van der Waals surface area contributed by atoms with E-state index < -0.39 is 11.1 Å². The molecule has 0 bridgehead atoms. The van der Waals surface area contributed by atoms with Crippen molar-refractivity contribution in [3.05, 3.63) is 0 Å². The second-order valence-electron chi connectivity index (χ2n) is 4.53. The van der Waals surface area contributed by atoms with Gasteiger partial charge in [-0.3, -0.25) is 4.79 Å². The summed E-state index contributed by atoms with van der Waals surface area (Å²) in [6.45, 7) is 7.47. The van der Waals surface area contributed by atoms with Crippen LogP contribution < -0.4 is 0 Å². The molecule has 0 aromatic heterocycles. The molecule has 0 aliphatic carbocycles. The van der Waals surface area contributed by atoms with E-state index in [0.29, 0.717) is 12.8 Å². The summed E-state index contributed by atoms with van der Waals surface area (Å²) in [4.78, 5) is 10.7. The Bertz CT molecular complexity index is 255. The minimum Gasteiger partial charge on any atom is -0.368 e. The number of amides is 1. The van der Waals surface area contributed by atoms with Gasteiger partial charge in [-0.15, -0.1) is 0 Å². The molecule has 1 heterocycles. The first-order valence-electron chi connectivity index (χ1n) is 4.32. The number of carbonyl (C=O) groups is 1. The van der Waals surface area contributed by atoms with Gasteiger partial charge in [-0.05, 0) is 6.92 Å². The van der Waals surface area contributed by atoms with Crippen LogP contribution in [-0.4, -0.2) is 28.0 Å². The van der Waals surface area contributed by atoms with Crippen molar-refractivity contribution < 1.29 is 9.90 Å². The summed E-state index contributed by atoms with van der Waals surface area (Å²) in [5, 5.41) is 15.3. The van der Waals surface area contributed by atoms with Crippen LogP contribution in [0, 0.1) is 5.41 Å². The summed E-state index contributed by atoms with van der Waals surface area (Å²) in [7, 11) is 0. The molecule has 1 rings (SSSR count). The molecule has 1 aliphatic heterocycles. The van der Waals surface area contributed by atoms with Crippen molar-refractivity contribution in [2.24, 2.45) is 10.5 Å². The number of hydrogen-bond acceptors (Lipinski definition) is 3. The predicted octanol–water partition coefficient (Wildman–Crippen LogP) is 0.959. The second kappa shape index (κ2) is 2.80. The molecule has 13 heavy (non-hydrogen) atoms. The van der Waals surface area contributed by atoms with Crippen LogP contribution in [0.25, 0.3) is 0 Å². The lowest BCUT2D eigenvalue weighted by Crippen LogP contribution is -2.52. The fraction of sp³-hybridized carbons (Fsp3) is 0.778. The fourth-order valence-electron chi connectivity index (χ4n) is 1.46. The molecule has 0 spiro atoms. The van der Waals surface area contributed by atoms with Crippen LogP contribution in [0.1, 0.15) is 34.1 Å². The Morgan fingerprint density at radius 1 is 1.62 bits per heavy atom. The first-order chi connectivity index (χ1) is 5.81. The number of rotatable bonds is 1. The minimum absolute atomic E-state index is 0.394. The van der Waals surface area contributed by atoms with E-state index in [1.165, 1.54) is 0 Å². The molecular formula is C9H16N2O2. The molecule has 0 saturated heterocycles. The van der Waals surface area contributed by atoms with Gasteiger partial charge in [0.15, 0.2) is 5.72 Å². The first-order valence-corrected chi connectivity index (χ1v) is 4.32. The van der Waals surface area contributed by atoms with E-state index >= 15 is 0 Å². The van der Waals surface area contributed by atoms with Crippen molar-refractivity contribution in [2.45, 2.75) is 39.8 Å². The zero-order valence-electron chi connectivity index (χ0n) is 8.53. The van der Waals surface area contributed by atoms with E-state index in [-0.39, 0.29) is 0 Å². The molecule has 1 amide bonds. The van der Waals surface area contributed by atoms with Gasteiger partial charge in [0.2, 0.25) is 6.41 Å². The number of carbonyl (C=O) groups excluding carboxylic acids is 1. The summed E-state index contributed by atoms with van der Waals surface area (Å²) in [5.74, 6) is 0. The maximum atomic E-state index is 10.7. The Morgan fingerprint density at radius 3 is 2.46 bits per heavy atom. The number of aliphatic hydroxyl groups is 1. The van der Waals surface area contributed by atoms with Crippen molar-refractivity contribution in [1.29, 1.82) is 0 Å². The van der Waals surface area contributed by atoms with Gasteiger partial charge in [-0.25, -0.2) is 5.01 Å². The lowest BCUT2D eigenvalue weighted by molar-refractivity contribution is -0.170. The lowest BCUT2D eigenvalue weighted by Gasteiger charge is -2.40. The van der Waals surface area contributed by atoms with Crippen molar-refractivity contribution in [1.82, 2.24) is 5.01 Å². The van der Waals surface area contributed by atoms with Gasteiger partial charge in [0.1, 0.15) is 0 Å². The molecule has 0 aromatic rings. The first kappa shape index (κ1) is 10.2. The third kappa shape index (κ3) is 1.46. The Kier molecular flexibility index (Phi) is 2.20. The van der Waals surface area contributed by atoms with Crippen molar-refractivity contribution in [3.8, 4) is 0 Å². The normalized spacial score (nSPS) is 29.0. The van der Waals surface area contributed by atoms with E-state index in [9.17, 15) is 9.90 Å². The van der Waals surface area contributed by atoms with Crippen LogP contribution in [0.3, 0.4) is 0 Å². The van der Waals surface area contributed by atoms with E-state index in [0.717, 1.165) is 10.7 Å². The van der Waals surface area contributed by atoms with Crippen molar-refractivity contribution in [2.75, 3.05) is 0 Å². The van der Waals surface area contributed by atoms with Crippen LogP contribution in [0.4, 0.5) is 0 Å². The van der Waals surface area contributed by atoms with Crippen LogP contribution in [0.2, 0.25) is 0 Å². The molecule has 1 N–H and O–H groups in total. The molecule has 0 saturated carbocycles. The third-order valence-electron chi connectivity index (χ3n) is 2.46. The summed E-state index contributed by atoms with van der Waals surface area (Å²) < 4.78 is 0. The SMILES string of the molecule is CC1=NN(C=O)C(O)(C(C)(C)C)C1.